The van der Waals surface area contributed by atoms with Gasteiger partial charge in [0, 0.05) is 18.7 Å². The van der Waals surface area contributed by atoms with Crippen molar-refractivity contribution in [2.75, 3.05) is 13.6 Å². The SMILES string of the molecule is CN(Cc1ccoc1)CC(Cl)C#N. The first-order chi connectivity index (χ1) is 6.22. The molecule has 0 amide bonds. The molecule has 0 fully saturated rings. The molecule has 0 spiro atoms. The lowest BCUT2D eigenvalue weighted by atomic mass is 10.3. The van der Waals surface area contributed by atoms with E-state index in [4.69, 9.17) is 21.3 Å². The third kappa shape index (κ3) is 3.49. The Labute approximate surface area is 82.5 Å². The third-order valence-corrected chi connectivity index (χ3v) is 1.88. The summed E-state index contributed by atoms with van der Waals surface area (Å²) in [5, 5.41) is 8.04. The molecule has 13 heavy (non-hydrogen) atoms. The maximum absolute atomic E-state index is 8.48. The van der Waals surface area contributed by atoms with Crippen LogP contribution in [0.15, 0.2) is 23.0 Å². The highest BCUT2D eigenvalue weighted by atomic mass is 35.5. The summed E-state index contributed by atoms with van der Waals surface area (Å²) < 4.78 is 4.92. The molecule has 0 saturated carbocycles. The van der Waals surface area contributed by atoms with E-state index in [9.17, 15) is 0 Å². The van der Waals surface area contributed by atoms with E-state index in [2.05, 4.69) is 0 Å². The van der Waals surface area contributed by atoms with E-state index in [-0.39, 0.29) is 0 Å². The summed E-state index contributed by atoms with van der Waals surface area (Å²) in [6, 6.07) is 3.87. The fraction of sp³-hybridized carbons (Fsp3) is 0.444. The lowest BCUT2D eigenvalue weighted by molar-refractivity contribution is 0.335. The monoisotopic (exact) mass is 198 g/mol. The van der Waals surface area contributed by atoms with Crippen LogP contribution < -0.4 is 0 Å². The van der Waals surface area contributed by atoms with Gasteiger partial charge in [-0.2, -0.15) is 5.26 Å². The van der Waals surface area contributed by atoms with E-state index >= 15 is 0 Å². The zero-order valence-electron chi connectivity index (χ0n) is 7.40. The van der Waals surface area contributed by atoms with Crippen molar-refractivity contribution < 1.29 is 4.42 Å². The number of furan rings is 1. The quantitative estimate of drug-likeness (QED) is 0.694. The van der Waals surface area contributed by atoms with Crippen molar-refractivity contribution in [3.63, 3.8) is 0 Å². The minimum atomic E-state index is -0.447. The molecule has 0 aliphatic rings. The minimum Gasteiger partial charge on any atom is -0.472 e. The van der Waals surface area contributed by atoms with E-state index < -0.39 is 5.38 Å². The molecule has 1 heterocycles. The van der Waals surface area contributed by atoms with Crippen LogP contribution >= 0.6 is 11.6 Å². The van der Waals surface area contributed by atoms with Crippen LogP contribution in [0.3, 0.4) is 0 Å². The van der Waals surface area contributed by atoms with Gasteiger partial charge in [-0.15, -0.1) is 11.6 Å². The van der Waals surface area contributed by atoms with Crippen LogP contribution in [0.2, 0.25) is 0 Å². The van der Waals surface area contributed by atoms with Gasteiger partial charge in [0.25, 0.3) is 0 Å². The van der Waals surface area contributed by atoms with Crippen molar-refractivity contribution in [3.8, 4) is 6.07 Å². The molecule has 1 rings (SSSR count). The predicted octanol–water partition coefficient (Wildman–Crippen LogP) is 1.84. The van der Waals surface area contributed by atoms with Crippen LogP contribution in [0.25, 0.3) is 0 Å². The maximum Gasteiger partial charge on any atom is 0.133 e. The molecule has 0 bridgehead atoms. The van der Waals surface area contributed by atoms with Crippen molar-refractivity contribution in [1.82, 2.24) is 4.90 Å². The Balaban J connectivity index is 2.34. The van der Waals surface area contributed by atoms with Crippen molar-refractivity contribution in [2.45, 2.75) is 11.9 Å². The number of nitriles is 1. The summed E-state index contributed by atoms with van der Waals surface area (Å²) in [6.45, 7) is 1.31. The van der Waals surface area contributed by atoms with Crippen molar-refractivity contribution in [2.24, 2.45) is 0 Å². The molecule has 0 N–H and O–H groups in total. The van der Waals surface area contributed by atoms with Gasteiger partial charge >= 0.3 is 0 Å². The average Bonchev–Trinajstić information content (AvgIpc) is 2.56. The van der Waals surface area contributed by atoms with Gasteiger partial charge in [0.2, 0.25) is 0 Å². The third-order valence-electron chi connectivity index (χ3n) is 1.64. The molecule has 1 aromatic rings. The summed E-state index contributed by atoms with van der Waals surface area (Å²) in [6.07, 6.45) is 3.32. The molecule has 0 radical (unpaired) electrons. The van der Waals surface area contributed by atoms with Gasteiger partial charge in [0.05, 0.1) is 18.6 Å². The highest BCUT2D eigenvalue weighted by Crippen LogP contribution is 2.05. The first kappa shape index (κ1) is 10.1. The number of alkyl halides is 1. The highest BCUT2D eigenvalue weighted by molar-refractivity contribution is 6.22. The molecule has 3 nitrogen and oxygen atoms in total. The van der Waals surface area contributed by atoms with Crippen LogP contribution in [0.5, 0.6) is 0 Å². The van der Waals surface area contributed by atoms with Crippen molar-refractivity contribution in [1.29, 1.82) is 5.26 Å². The Hall–Kier alpha value is -0.980. The second kappa shape index (κ2) is 4.90. The van der Waals surface area contributed by atoms with E-state index in [0.29, 0.717) is 6.54 Å². The van der Waals surface area contributed by atoms with Crippen LogP contribution in [0.4, 0.5) is 0 Å². The van der Waals surface area contributed by atoms with E-state index in [1.54, 1.807) is 12.5 Å². The van der Waals surface area contributed by atoms with Crippen molar-refractivity contribution in [3.05, 3.63) is 24.2 Å². The lowest BCUT2D eigenvalue weighted by Gasteiger charge is -2.15. The molecule has 1 aromatic heterocycles. The molecule has 0 aromatic carbocycles. The fourth-order valence-corrected chi connectivity index (χ4v) is 1.31. The zero-order valence-corrected chi connectivity index (χ0v) is 8.16. The highest BCUT2D eigenvalue weighted by Gasteiger charge is 2.07. The first-order valence-electron chi connectivity index (χ1n) is 3.95. The van der Waals surface area contributed by atoms with Crippen LogP contribution in [0.1, 0.15) is 5.56 Å². The standard InChI is InChI=1S/C9H11ClN2O/c1-12(6-9(10)4-11)5-8-2-3-13-7-8/h2-3,7,9H,5-6H2,1H3. The minimum absolute atomic E-state index is 0.447. The van der Waals surface area contributed by atoms with E-state index in [1.807, 2.05) is 24.1 Å². The van der Waals surface area contributed by atoms with Crippen LogP contribution in [-0.2, 0) is 6.54 Å². The zero-order chi connectivity index (χ0) is 9.68. The van der Waals surface area contributed by atoms with Gasteiger partial charge in [-0.25, -0.2) is 0 Å². The van der Waals surface area contributed by atoms with Gasteiger partial charge in [-0.1, -0.05) is 0 Å². The largest absolute Gasteiger partial charge is 0.472 e. The Bertz CT molecular complexity index is 278. The van der Waals surface area contributed by atoms with Gasteiger partial charge in [-0.05, 0) is 13.1 Å². The molecule has 0 aliphatic heterocycles. The second-order valence-electron chi connectivity index (χ2n) is 2.92. The van der Waals surface area contributed by atoms with E-state index in [1.165, 1.54) is 0 Å². The number of nitrogens with zero attached hydrogens (tertiary/aromatic N) is 2. The predicted molar refractivity (Wildman–Crippen MR) is 50.3 cm³/mol. The summed E-state index contributed by atoms with van der Waals surface area (Å²) in [5.74, 6) is 0. The first-order valence-corrected chi connectivity index (χ1v) is 4.39. The number of hydrogen-bond acceptors (Lipinski definition) is 3. The normalized spacial score (nSPS) is 12.8. The summed E-state index contributed by atoms with van der Waals surface area (Å²) >= 11 is 5.67. The fourth-order valence-electron chi connectivity index (χ4n) is 1.07. The molecular weight excluding hydrogens is 188 g/mol. The lowest BCUT2D eigenvalue weighted by Crippen LogP contribution is -2.24. The van der Waals surface area contributed by atoms with Crippen molar-refractivity contribution >= 4 is 11.6 Å². The Morgan fingerprint density at radius 1 is 1.77 bits per heavy atom. The molecule has 4 heteroatoms. The smallest absolute Gasteiger partial charge is 0.133 e. The topological polar surface area (TPSA) is 40.2 Å². The summed E-state index contributed by atoms with van der Waals surface area (Å²) in [7, 11) is 1.92. The van der Waals surface area contributed by atoms with Crippen LogP contribution in [-0.4, -0.2) is 23.9 Å². The summed E-state index contributed by atoms with van der Waals surface area (Å²) in [4.78, 5) is 1.98. The Morgan fingerprint density at radius 3 is 3.08 bits per heavy atom. The molecule has 1 atom stereocenters. The molecule has 0 aliphatic carbocycles. The Kier molecular flexibility index (Phi) is 3.81. The van der Waals surface area contributed by atoms with Gasteiger partial charge in [0.15, 0.2) is 0 Å². The van der Waals surface area contributed by atoms with E-state index in [0.717, 1.165) is 12.1 Å². The summed E-state index contributed by atoms with van der Waals surface area (Å²) in [5.41, 5.74) is 1.09. The van der Waals surface area contributed by atoms with Gasteiger partial charge < -0.3 is 4.42 Å². The van der Waals surface area contributed by atoms with Gasteiger partial charge in [0.1, 0.15) is 5.38 Å². The number of rotatable bonds is 4. The number of hydrogen-bond donors (Lipinski definition) is 0. The molecule has 0 saturated heterocycles. The van der Waals surface area contributed by atoms with Crippen LogP contribution in [0, 0.1) is 11.3 Å². The Morgan fingerprint density at radius 2 is 2.54 bits per heavy atom. The average molecular weight is 199 g/mol. The number of halogens is 1. The molecular formula is C9H11ClN2O. The maximum atomic E-state index is 8.48. The van der Waals surface area contributed by atoms with Gasteiger partial charge in [-0.3, -0.25) is 4.90 Å². The molecule has 1 unspecified atom stereocenters. The molecule has 70 valence electrons. The second-order valence-corrected chi connectivity index (χ2v) is 3.45.